The molecule has 0 radical (unpaired) electrons. The van der Waals surface area contributed by atoms with E-state index in [1.54, 1.807) is 0 Å². The molecule has 2 aromatic rings. The minimum atomic E-state index is -0.862. The number of ether oxygens (including phenoxy) is 2. The SMILES string of the molecule is CCC(O)Oc1c(Br)cc(C(C)(C)c2cc(Br)c(OC(O)CC)c(Br)c2)cc1Br. The summed E-state index contributed by atoms with van der Waals surface area (Å²) in [5.41, 5.74) is 1.76. The number of hydrogen-bond acceptors (Lipinski definition) is 4. The fourth-order valence-corrected chi connectivity index (χ4v) is 5.42. The van der Waals surface area contributed by atoms with Gasteiger partial charge in [-0.3, -0.25) is 0 Å². The van der Waals surface area contributed by atoms with Crippen molar-refractivity contribution < 1.29 is 19.7 Å². The molecule has 0 aromatic heterocycles. The quantitative estimate of drug-likeness (QED) is 0.293. The molecule has 0 saturated carbocycles. The van der Waals surface area contributed by atoms with Gasteiger partial charge < -0.3 is 19.7 Å². The Labute approximate surface area is 205 Å². The predicted molar refractivity (Wildman–Crippen MR) is 130 cm³/mol. The fourth-order valence-electron chi connectivity index (χ4n) is 2.67. The minimum Gasteiger partial charge on any atom is -0.463 e. The van der Waals surface area contributed by atoms with E-state index < -0.39 is 12.6 Å². The summed E-state index contributed by atoms with van der Waals surface area (Å²) < 4.78 is 14.2. The topological polar surface area (TPSA) is 58.9 Å². The van der Waals surface area contributed by atoms with Gasteiger partial charge in [0, 0.05) is 18.3 Å². The molecule has 0 aliphatic heterocycles. The highest BCUT2D eigenvalue weighted by Crippen LogP contribution is 2.44. The number of aliphatic hydroxyl groups excluding tert-OH is 2. The predicted octanol–water partition coefficient (Wildman–Crippen LogP) is 7.28. The molecule has 2 atom stereocenters. The summed E-state index contributed by atoms with van der Waals surface area (Å²) in [6, 6.07) is 7.98. The molecule has 0 saturated heterocycles. The van der Waals surface area contributed by atoms with E-state index in [9.17, 15) is 10.2 Å². The van der Waals surface area contributed by atoms with Gasteiger partial charge in [0.2, 0.25) is 0 Å². The standard InChI is InChI=1S/C21H24Br4O4/c1-5-17(26)28-19-13(22)7-11(8-14(19)23)21(3,4)12-9-15(24)20(16(25)10-12)29-18(27)6-2/h7-10,17-18,26-27H,5-6H2,1-4H3. The number of benzene rings is 2. The van der Waals surface area contributed by atoms with Crippen molar-refractivity contribution in [3.63, 3.8) is 0 Å². The third kappa shape index (κ3) is 5.98. The van der Waals surface area contributed by atoms with Crippen LogP contribution in [-0.4, -0.2) is 22.8 Å². The lowest BCUT2D eigenvalue weighted by Gasteiger charge is -2.29. The summed E-state index contributed by atoms with van der Waals surface area (Å²) in [5.74, 6) is 1.14. The van der Waals surface area contributed by atoms with Crippen LogP contribution in [0.2, 0.25) is 0 Å². The molecule has 29 heavy (non-hydrogen) atoms. The van der Waals surface area contributed by atoms with Gasteiger partial charge >= 0.3 is 0 Å². The highest BCUT2D eigenvalue weighted by Gasteiger charge is 2.28. The van der Waals surface area contributed by atoms with Gasteiger partial charge in [0.05, 0.1) is 17.9 Å². The number of hydrogen-bond donors (Lipinski definition) is 2. The smallest absolute Gasteiger partial charge is 0.197 e. The summed E-state index contributed by atoms with van der Waals surface area (Å²) in [6.45, 7) is 7.95. The third-order valence-electron chi connectivity index (χ3n) is 4.65. The summed E-state index contributed by atoms with van der Waals surface area (Å²) in [7, 11) is 0. The normalized spacial score (nSPS) is 13.9. The average Bonchev–Trinajstić information content (AvgIpc) is 2.66. The van der Waals surface area contributed by atoms with E-state index in [0.29, 0.717) is 24.3 Å². The molecule has 2 unspecified atom stereocenters. The molecule has 0 amide bonds. The fraction of sp³-hybridized carbons (Fsp3) is 0.429. The van der Waals surface area contributed by atoms with Crippen LogP contribution < -0.4 is 9.47 Å². The second-order valence-electron chi connectivity index (χ2n) is 7.12. The molecule has 2 rings (SSSR count). The van der Waals surface area contributed by atoms with E-state index in [4.69, 9.17) is 9.47 Å². The summed E-state index contributed by atoms with van der Waals surface area (Å²) in [4.78, 5) is 0. The first-order valence-corrected chi connectivity index (χ1v) is 12.4. The van der Waals surface area contributed by atoms with Gasteiger partial charge in [-0.2, -0.15) is 0 Å². The Kier molecular flexibility index (Phi) is 9.07. The Balaban J connectivity index is 2.45. The van der Waals surface area contributed by atoms with E-state index in [1.165, 1.54) is 0 Å². The van der Waals surface area contributed by atoms with E-state index in [2.05, 4.69) is 77.6 Å². The molecule has 0 aliphatic rings. The second kappa shape index (κ2) is 10.5. The van der Waals surface area contributed by atoms with Crippen molar-refractivity contribution in [2.24, 2.45) is 0 Å². The van der Waals surface area contributed by atoms with E-state index in [0.717, 1.165) is 29.0 Å². The van der Waals surface area contributed by atoms with Gasteiger partial charge in [-0.15, -0.1) is 0 Å². The first-order valence-electron chi connectivity index (χ1n) is 9.19. The van der Waals surface area contributed by atoms with Crippen LogP contribution in [0.25, 0.3) is 0 Å². The molecule has 2 aromatic carbocycles. The molecular formula is C21H24Br4O4. The molecule has 2 N–H and O–H groups in total. The second-order valence-corrected chi connectivity index (χ2v) is 10.5. The molecule has 0 aliphatic carbocycles. The molecule has 4 nitrogen and oxygen atoms in total. The third-order valence-corrected chi connectivity index (χ3v) is 7.00. The van der Waals surface area contributed by atoms with Gasteiger partial charge in [-0.25, -0.2) is 0 Å². The van der Waals surface area contributed by atoms with Gasteiger partial charge in [0.15, 0.2) is 24.1 Å². The highest BCUT2D eigenvalue weighted by molar-refractivity contribution is 9.11. The zero-order chi connectivity index (χ0) is 21.9. The number of aliphatic hydroxyl groups is 2. The lowest BCUT2D eigenvalue weighted by atomic mass is 9.78. The van der Waals surface area contributed by atoms with Crippen LogP contribution in [0.15, 0.2) is 42.2 Å². The van der Waals surface area contributed by atoms with Crippen LogP contribution >= 0.6 is 63.7 Å². The average molecular weight is 660 g/mol. The first kappa shape index (κ1) is 25.1. The van der Waals surface area contributed by atoms with Gasteiger partial charge in [0.1, 0.15) is 0 Å². The maximum Gasteiger partial charge on any atom is 0.197 e. The Bertz CT molecular complexity index is 754. The molecular weight excluding hydrogens is 636 g/mol. The maximum absolute atomic E-state index is 9.83. The minimum absolute atomic E-state index is 0.347. The van der Waals surface area contributed by atoms with E-state index in [1.807, 2.05) is 38.1 Å². The highest BCUT2D eigenvalue weighted by atomic mass is 79.9. The van der Waals surface area contributed by atoms with Crippen molar-refractivity contribution in [2.45, 2.75) is 58.5 Å². The van der Waals surface area contributed by atoms with Crippen molar-refractivity contribution in [3.05, 3.63) is 53.3 Å². The van der Waals surface area contributed by atoms with Crippen LogP contribution in [0.1, 0.15) is 51.7 Å². The lowest BCUT2D eigenvalue weighted by molar-refractivity contribution is -0.0206. The number of rotatable bonds is 8. The van der Waals surface area contributed by atoms with Crippen LogP contribution in [-0.2, 0) is 5.41 Å². The van der Waals surface area contributed by atoms with Crippen LogP contribution in [0, 0.1) is 0 Å². The molecule has 0 spiro atoms. The van der Waals surface area contributed by atoms with Gasteiger partial charge in [0.25, 0.3) is 0 Å². The van der Waals surface area contributed by atoms with Crippen molar-refractivity contribution in [1.29, 1.82) is 0 Å². The monoisotopic (exact) mass is 656 g/mol. The summed E-state index contributed by atoms with van der Waals surface area (Å²) in [5, 5.41) is 19.7. The van der Waals surface area contributed by atoms with Crippen LogP contribution in [0.5, 0.6) is 11.5 Å². The largest absolute Gasteiger partial charge is 0.463 e. The Hall–Kier alpha value is -0.120. The van der Waals surface area contributed by atoms with Gasteiger partial charge in [-0.1, -0.05) is 27.7 Å². The Morgan fingerprint density at radius 1 is 0.724 bits per heavy atom. The molecule has 0 bridgehead atoms. The van der Waals surface area contributed by atoms with Crippen molar-refractivity contribution in [2.75, 3.05) is 0 Å². The molecule has 0 heterocycles. The first-order chi connectivity index (χ1) is 13.5. The molecule has 8 heteroatoms. The van der Waals surface area contributed by atoms with Crippen LogP contribution in [0.4, 0.5) is 0 Å². The zero-order valence-corrected chi connectivity index (χ0v) is 22.9. The summed E-state index contributed by atoms with van der Waals surface area (Å²) in [6.07, 6.45) is -0.733. The van der Waals surface area contributed by atoms with Crippen LogP contribution in [0.3, 0.4) is 0 Å². The Morgan fingerprint density at radius 2 is 1.00 bits per heavy atom. The lowest BCUT2D eigenvalue weighted by Crippen LogP contribution is -2.20. The van der Waals surface area contributed by atoms with Crippen molar-refractivity contribution in [3.8, 4) is 11.5 Å². The van der Waals surface area contributed by atoms with Crippen molar-refractivity contribution in [1.82, 2.24) is 0 Å². The number of halogens is 4. The van der Waals surface area contributed by atoms with Crippen molar-refractivity contribution >= 4 is 63.7 Å². The Morgan fingerprint density at radius 3 is 1.24 bits per heavy atom. The van der Waals surface area contributed by atoms with Gasteiger partial charge in [-0.05, 0) is 99.1 Å². The molecule has 0 fully saturated rings. The van der Waals surface area contributed by atoms with E-state index in [-0.39, 0.29) is 5.41 Å². The molecule has 160 valence electrons. The summed E-state index contributed by atoms with van der Waals surface area (Å²) >= 11 is 14.3. The zero-order valence-electron chi connectivity index (χ0n) is 16.6. The maximum atomic E-state index is 9.83. The van der Waals surface area contributed by atoms with E-state index >= 15 is 0 Å².